The third kappa shape index (κ3) is 4.16. The zero-order valence-corrected chi connectivity index (χ0v) is 16.3. The topological polar surface area (TPSA) is 47.6 Å². The molecule has 6 heteroatoms. The maximum absolute atomic E-state index is 12.4. The Hall–Kier alpha value is -1.30. The summed E-state index contributed by atoms with van der Waals surface area (Å²) >= 11 is 6.29. The highest BCUT2D eigenvalue weighted by molar-refractivity contribution is 6.31. The quantitative estimate of drug-likeness (QED) is 0.845. The van der Waals surface area contributed by atoms with Gasteiger partial charge in [0.25, 0.3) is 0 Å². The van der Waals surface area contributed by atoms with Crippen LogP contribution in [0.1, 0.15) is 31.2 Å². The van der Waals surface area contributed by atoms with Gasteiger partial charge in [0.05, 0.1) is 6.04 Å². The lowest BCUT2D eigenvalue weighted by Crippen LogP contribution is -2.60. The monoisotopic (exact) mass is 376 g/mol. The Morgan fingerprint density at radius 1 is 1.19 bits per heavy atom. The first-order valence-corrected chi connectivity index (χ1v) is 10.3. The number of benzene rings is 1. The molecule has 5 nitrogen and oxygen atoms in total. The van der Waals surface area contributed by atoms with Gasteiger partial charge in [-0.3, -0.25) is 9.69 Å². The zero-order chi connectivity index (χ0) is 18.1. The van der Waals surface area contributed by atoms with E-state index in [0.29, 0.717) is 12.1 Å². The van der Waals surface area contributed by atoms with Crippen molar-refractivity contribution >= 4 is 23.2 Å². The van der Waals surface area contributed by atoms with Crippen LogP contribution >= 0.6 is 11.6 Å². The summed E-state index contributed by atoms with van der Waals surface area (Å²) in [6, 6.07) is 7.31. The van der Waals surface area contributed by atoms with Gasteiger partial charge in [-0.1, -0.05) is 17.7 Å². The third-order valence-corrected chi connectivity index (χ3v) is 6.36. The number of amides is 1. The molecule has 3 aliphatic rings. The summed E-state index contributed by atoms with van der Waals surface area (Å²) in [6.45, 7) is 6.91. The van der Waals surface area contributed by atoms with Crippen LogP contribution in [0.5, 0.6) is 0 Å². The lowest BCUT2D eigenvalue weighted by molar-refractivity contribution is -0.124. The molecule has 1 amide bonds. The largest absolute Gasteiger partial charge is 0.371 e. The second-order valence-electron chi connectivity index (χ2n) is 7.94. The minimum absolute atomic E-state index is 0.0571. The summed E-state index contributed by atoms with van der Waals surface area (Å²) in [5, 5.41) is 7.37. The number of carbonyl (C=O) groups excluding carboxylic acids is 1. The van der Waals surface area contributed by atoms with E-state index in [1.807, 2.05) is 6.92 Å². The van der Waals surface area contributed by atoms with Crippen LogP contribution in [0.2, 0.25) is 5.02 Å². The van der Waals surface area contributed by atoms with Crippen LogP contribution < -0.4 is 15.5 Å². The predicted octanol–water partition coefficient (Wildman–Crippen LogP) is 2.17. The lowest BCUT2D eigenvalue weighted by Gasteiger charge is -2.43. The van der Waals surface area contributed by atoms with Crippen LogP contribution in [-0.4, -0.2) is 61.7 Å². The summed E-state index contributed by atoms with van der Waals surface area (Å²) < 4.78 is 0. The molecule has 1 unspecified atom stereocenters. The molecule has 1 aliphatic carbocycles. The molecule has 1 aromatic rings. The fourth-order valence-electron chi connectivity index (χ4n) is 4.08. The summed E-state index contributed by atoms with van der Waals surface area (Å²) in [7, 11) is 0. The van der Waals surface area contributed by atoms with Crippen LogP contribution in [0.25, 0.3) is 0 Å². The van der Waals surface area contributed by atoms with Crippen LogP contribution in [0.15, 0.2) is 18.2 Å². The second-order valence-corrected chi connectivity index (χ2v) is 8.34. The molecule has 2 saturated heterocycles. The van der Waals surface area contributed by atoms with Gasteiger partial charge in [-0.15, -0.1) is 0 Å². The van der Waals surface area contributed by atoms with E-state index in [1.165, 1.54) is 5.69 Å². The first-order chi connectivity index (χ1) is 12.6. The number of piperazine rings is 1. The van der Waals surface area contributed by atoms with Gasteiger partial charge in [0.1, 0.15) is 0 Å². The molecular formula is C20H29ClN4O. The average molecular weight is 377 g/mol. The Kier molecular flexibility index (Phi) is 5.39. The number of hydrogen-bond donors (Lipinski definition) is 2. The number of hydrogen-bond acceptors (Lipinski definition) is 4. The van der Waals surface area contributed by atoms with Gasteiger partial charge in [-0.2, -0.15) is 0 Å². The SMILES string of the molecule is Cc1ccc(N2CCC(N3CCNC(C(=O)NC4CC4)C3)CC2)cc1Cl. The molecule has 1 saturated carbocycles. The number of halogens is 1. The van der Waals surface area contributed by atoms with Gasteiger partial charge in [0.15, 0.2) is 0 Å². The van der Waals surface area contributed by atoms with Gasteiger partial charge in [-0.05, 0) is 50.3 Å². The smallest absolute Gasteiger partial charge is 0.238 e. The first kappa shape index (κ1) is 18.1. The van der Waals surface area contributed by atoms with Crippen molar-refractivity contribution in [3.05, 3.63) is 28.8 Å². The molecule has 3 fully saturated rings. The van der Waals surface area contributed by atoms with Crippen molar-refractivity contribution in [2.24, 2.45) is 0 Å². The highest BCUT2D eigenvalue weighted by Gasteiger charge is 2.33. The van der Waals surface area contributed by atoms with E-state index in [1.54, 1.807) is 0 Å². The van der Waals surface area contributed by atoms with Gasteiger partial charge in [0.2, 0.25) is 5.91 Å². The summed E-state index contributed by atoms with van der Waals surface area (Å²) in [6.07, 6.45) is 4.57. The normalized spacial score (nSPS) is 25.3. The number of nitrogens with zero attached hydrogens (tertiary/aromatic N) is 2. The third-order valence-electron chi connectivity index (χ3n) is 5.95. The molecule has 4 rings (SSSR count). The molecule has 2 aliphatic heterocycles. The average Bonchev–Trinajstić information content (AvgIpc) is 3.48. The molecule has 2 N–H and O–H groups in total. The summed E-state index contributed by atoms with van der Waals surface area (Å²) in [5.41, 5.74) is 2.35. The standard InChI is InChI=1S/C20H29ClN4O/c1-14-2-5-17(12-18(14)21)24-9-6-16(7-10-24)25-11-8-22-19(13-25)20(26)23-15-3-4-15/h2,5,12,15-16,19,22H,3-4,6-11,13H2,1H3,(H,23,26). The molecule has 142 valence electrons. The van der Waals surface area contributed by atoms with Gasteiger partial charge in [0, 0.05) is 55.5 Å². The fourth-order valence-corrected chi connectivity index (χ4v) is 4.25. The lowest BCUT2D eigenvalue weighted by atomic mass is 10.00. The first-order valence-electron chi connectivity index (χ1n) is 9.89. The van der Waals surface area contributed by atoms with Crippen molar-refractivity contribution in [3.8, 4) is 0 Å². The Bertz CT molecular complexity index is 655. The minimum Gasteiger partial charge on any atom is -0.371 e. The van der Waals surface area contributed by atoms with E-state index in [4.69, 9.17) is 11.6 Å². The Labute approximate surface area is 161 Å². The van der Waals surface area contributed by atoms with Gasteiger partial charge < -0.3 is 15.5 Å². The predicted molar refractivity (Wildman–Crippen MR) is 106 cm³/mol. The van der Waals surface area contributed by atoms with E-state index >= 15 is 0 Å². The zero-order valence-electron chi connectivity index (χ0n) is 15.5. The van der Waals surface area contributed by atoms with Crippen molar-refractivity contribution in [2.45, 2.75) is 50.7 Å². The van der Waals surface area contributed by atoms with E-state index in [2.05, 4.69) is 38.6 Å². The number of rotatable bonds is 4. The summed E-state index contributed by atoms with van der Waals surface area (Å²) in [5.74, 6) is 0.184. The Morgan fingerprint density at radius 2 is 1.96 bits per heavy atom. The van der Waals surface area contributed by atoms with Crippen LogP contribution in [-0.2, 0) is 4.79 Å². The maximum Gasteiger partial charge on any atom is 0.238 e. The van der Waals surface area contributed by atoms with Crippen LogP contribution in [0.4, 0.5) is 5.69 Å². The Balaban J connectivity index is 1.30. The van der Waals surface area contributed by atoms with Crippen molar-refractivity contribution in [2.75, 3.05) is 37.6 Å². The number of anilines is 1. The minimum atomic E-state index is -0.0571. The molecule has 0 aromatic heterocycles. The van der Waals surface area contributed by atoms with Crippen molar-refractivity contribution in [1.82, 2.24) is 15.5 Å². The summed E-state index contributed by atoms with van der Waals surface area (Å²) in [4.78, 5) is 17.3. The van der Waals surface area contributed by atoms with Gasteiger partial charge in [-0.25, -0.2) is 0 Å². The molecule has 0 bridgehead atoms. The Morgan fingerprint density at radius 3 is 2.65 bits per heavy atom. The maximum atomic E-state index is 12.4. The van der Waals surface area contributed by atoms with E-state index in [-0.39, 0.29) is 11.9 Å². The van der Waals surface area contributed by atoms with Gasteiger partial charge >= 0.3 is 0 Å². The van der Waals surface area contributed by atoms with Crippen molar-refractivity contribution in [1.29, 1.82) is 0 Å². The van der Waals surface area contributed by atoms with Crippen LogP contribution in [0, 0.1) is 6.92 Å². The highest BCUT2D eigenvalue weighted by atomic mass is 35.5. The van der Waals surface area contributed by atoms with Crippen LogP contribution in [0.3, 0.4) is 0 Å². The molecule has 1 aromatic carbocycles. The molecule has 0 spiro atoms. The second kappa shape index (κ2) is 7.75. The number of carbonyl (C=O) groups is 1. The molecule has 2 heterocycles. The molecule has 0 radical (unpaired) electrons. The van der Waals surface area contributed by atoms with E-state index in [0.717, 1.165) is 69.0 Å². The highest BCUT2D eigenvalue weighted by Crippen LogP contribution is 2.27. The van der Waals surface area contributed by atoms with E-state index < -0.39 is 0 Å². The fraction of sp³-hybridized carbons (Fsp3) is 0.650. The molecule has 26 heavy (non-hydrogen) atoms. The molecular weight excluding hydrogens is 348 g/mol. The van der Waals surface area contributed by atoms with Crippen molar-refractivity contribution in [3.63, 3.8) is 0 Å². The number of nitrogens with one attached hydrogen (secondary N) is 2. The number of aryl methyl sites for hydroxylation is 1. The van der Waals surface area contributed by atoms with Crippen molar-refractivity contribution < 1.29 is 4.79 Å². The molecule has 1 atom stereocenters. The van der Waals surface area contributed by atoms with E-state index in [9.17, 15) is 4.79 Å². The number of piperidine rings is 1.